The minimum absolute atomic E-state index is 0.00211. The van der Waals surface area contributed by atoms with Crippen LogP contribution >= 0.6 is 0 Å². The number of fused-ring (bicyclic) bond motifs is 2. The average Bonchev–Trinajstić information content (AvgIpc) is 3.90. The monoisotopic (exact) mass is 1080 g/mol. The van der Waals surface area contributed by atoms with Crippen LogP contribution in [0.3, 0.4) is 0 Å². The van der Waals surface area contributed by atoms with Gasteiger partial charge < -0.3 is 41.7 Å². The molecule has 2 bridgehead atoms. The van der Waals surface area contributed by atoms with Gasteiger partial charge in [0.1, 0.15) is 17.8 Å². The molecule has 0 radical (unpaired) electrons. The maximum absolute atomic E-state index is 7.56. The number of ether oxygens (including phenoxy) is 6. The molecule has 3 aromatic carbocycles. The van der Waals surface area contributed by atoms with E-state index in [4.69, 9.17) is 41.7 Å². The van der Waals surface area contributed by atoms with Gasteiger partial charge in [0.2, 0.25) is 0 Å². The molecule has 0 amide bonds. The van der Waals surface area contributed by atoms with Gasteiger partial charge in [-0.05, 0) is 108 Å². The zero-order valence-corrected chi connectivity index (χ0v) is 51.5. The fourth-order valence-electron chi connectivity index (χ4n) is 13.0. The van der Waals surface area contributed by atoms with Crippen LogP contribution in [0.25, 0.3) is 0 Å². The van der Waals surface area contributed by atoms with E-state index in [2.05, 4.69) is 193 Å². The van der Waals surface area contributed by atoms with E-state index in [1.807, 2.05) is 6.07 Å². The Morgan fingerprint density at radius 1 is 0.747 bits per heavy atom. The molecule has 75 heavy (non-hydrogen) atoms. The molecule has 10 atom stereocenters. The van der Waals surface area contributed by atoms with E-state index in [0.717, 1.165) is 75.1 Å². The molecule has 5 heterocycles. The summed E-state index contributed by atoms with van der Waals surface area (Å²) >= 11 is 0. The van der Waals surface area contributed by atoms with E-state index in [9.17, 15) is 0 Å². The smallest absolute Gasteiger partial charge is 0.261 e. The van der Waals surface area contributed by atoms with Crippen molar-refractivity contribution in [3.63, 3.8) is 0 Å². The minimum atomic E-state index is -2.78. The Morgan fingerprint density at radius 2 is 1.37 bits per heavy atom. The van der Waals surface area contributed by atoms with Gasteiger partial charge in [-0.25, -0.2) is 0 Å². The highest BCUT2D eigenvalue weighted by atomic mass is 28.4. The highest BCUT2D eigenvalue weighted by Gasteiger charge is 2.66. The molecule has 5 fully saturated rings. The van der Waals surface area contributed by atoms with Gasteiger partial charge in [0.05, 0.1) is 31.5 Å². The lowest BCUT2D eigenvalue weighted by molar-refractivity contribution is -0.401. The first-order valence-corrected chi connectivity index (χ1v) is 36.4. The van der Waals surface area contributed by atoms with Crippen LogP contribution in [-0.4, -0.2) is 91.6 Å². The predicted octanol–water partition coefficient (Wildman–Crippen LogP) is 14.3. The zero-order chi connectivity index (χ0) is 54.0. The van der Waals surface area contributed by atoms with Crippen LogP contribution in [0.15, 0.2) is 115 Å². The first kappa shape index (κ1) is 58.6. The van der Waals surface area contributed by atoms with Crippen molar-refractivity contribution in [3.05, 3.63) is 121 Å². The third-order valence-electron chi connectivity index (χ3n) is 18.6. The van der Waals surface area contributed by atoms with Gasteiger partial charge in [0.15, 0.2) is 34.0 Å². The molecule has 414 valence electrons. The lowest BCUT2D eigenvalue weighted by Gasteiger charge is -2.55. The van der Waals surface area contributed by atoms with Crippen molar-refractivity contribution < 1.29 is 41.7 Å². The van der Waals surface area contributed by atoms with Crippen LogP contribution in [-0.2, 0) is 48.3 Å². The maximum atomic E-state index is 7.56. The van der Waals surface area contributed by atoms with Gasteiger partial charge in [-0.2, -0.15) is 0 Å². The van der Waals surface area contributed by atoms with Crippen molar-refractivity contribution in [2.24, 2.45) is 5.92 Å². The summed E-state index contributed by atoms with van der Waals surface area (Å²) in [4.78, 5) is 0. The number of hydrogen-bond acceptors (Lipinski definition) is 9. The van der Waals surface area contributed by atoms with Gasteiger partial charge >= 0.3 is 0 Å². The van der Waals surface area contributed by atoms with Gasteiger partial charge in [-0.3, -0.25) is 0 Å². The molecule has 5 aliphatic heterocycles. The van der Waals surface area contributed by atoms with Crippen molar-refractivity contribution in [1.82, 2.24) is 0 Å². The van der Waals surface area contributed by atoms with Gasteiger partial charge in [0, 0.05) is 38.7 Å². The molecule has 2 spiro atoms. The van der Waals surface area contributed by atoms with Crippen molar-refractivity contribution in [1.29, 1.82) is 0 Å². The van der Waals surface area contributed by atoms with Crippen LogP contribution in [0.5, 0.6) is 0 Å². The van der Waals surface area contributed by atoms with Gasteiger partial charge in [-0.15, -0.1) is 0 Å². The third-order valence-corrected chi connectivity index (χ3v) is 32.8. The molecule has 0 aromatic heterocycles. The molecule has 0 unspecified atom stereocenters. The van der Waals surface area contributed by atoms with E-state index in [1.165, 1.54) is 15.9 Å². The quantitative estimate of drug-likeness (QED) is 0.0588. The first-order valence-electron chi connectivity index (χ1n) is 29.0. The van der Waals surface area contributed by atoms with Crippen molar-refractivity contribution in [2.75, 3.05) is 13.2 Å². The molecule has 0 saturated carbocycles. The summed E-state index contributed by atoms with van der Waals surface area (Å²) < 4.78 is 65.3. The van der Waals surface area contributed by atoms with E-state index in [-0.39, 0.29) is 46.5 Å². The second-order valence-electron chi connectivity index (χ2n) is 25.9. The molecule has 5 saturated heterocycles. The Kier molecular flexibility index (Phi) is 18.2. The summed E-state index contributed by atoms with van der Waals surface area (Å²) in [5.74, 6) is -2.37. The molecular weight excluding hydrogens is 985 g/mol. The van der Waals surface area contributed by atoms with E-state index in [0.29, 0.717) is 32.7 Å². The lowest BCUT2D eigenvalue weighted by Crippen LogP contribution is -2.66. The fourth-order valence-corrected chi connectivity index (χ4v) is 22.1. The van der Waals surface area contributed by atoms with Crippen LogP contribution < -0.4 is 10.4 Å². The Hall–Kier alpha value is -2.57. The Labute approximate surface area is 456 Å². The molecule has 9 nitrogen and oxygen atoms in total. The first-order chi connectivity index (χ1) is 35.5. The molecule has 8 rings (SSSR count). The summed E-state index contributed by atoms with van der Waals surface area (Å²) in [5, 5.41) is 2.39. The second-order valence-corrected chi connectivity index (χ2v) is 39.6. The Balaban J connectivity index is 1.01. The molecule has 0 aliphatic carbocycles. The molecule has 12 heteroatoms. The summed E-state index contributed by atoms with van der Waals surface area (Å²) in [6.45, 7) is 36.3. The van der Waals surface area contributed by atoms with Crippen LogP contribution in [0.1, 0.15) is 146 Å². The van der Waals surface area contributed by atoms with Crippen LogP contribution in [0.2, 0.25) is 41.3 Å². The normalized spacial score (nSPS) is 31.7. The number of benzene rings is 3. The Bertz CT molecular complexity index is 2300. The summed E-state index contributed by atoms with van der Waals surface area (Å²) in [6, 6.07) is 35.2. The molecule has 3 aromatic rings. The van der Waals surface area contributed by atoms with E-state index >= 15 is 0 Å². The van der Waals surface area contributed by atoms with Gasteiger partial charge in [0.25, 0.3) is 8.32 Å². The minimum Gasteiger partial charge on any atom is -0.411 e. The second kappa shape index (κ2) is 23.3. The summed E-state index contributed by atoms with van der Waals surface area (Å²) in [7, 11) is -7.04. The summed E-state index contributed by atoms with van der Waals surface area (Å²) in [6.07, 6.45) is 11.4. The highest BCUT2D eigenvalue weighted by Crippen LogP contribution is 2.57. The predicted molar refractivity (Wildman–Crippen MR) is 311 cm³/mol. The third kappa shape index (κ3) is 12.4. The van der Waals surface area contributed by atoms with Gasteiger partial charge in [-0.1, -0.05) is 179 Å². The lowest BCUT2D eigenvalue weighted by atomic mass is 9.83. The number of rotatable bonds is 21. The average molecular weight is 1080 g/mol. The molecular formula is C63H96O9Si3. The Morgan fingerprint density at radius 3 is 1.97 bits per heavy atom. The topological polar surface area (TPSA) is 83.1 Å². The van der Waals surface area contributed by atoms with E-state index < -0.39 is 47.9 Å². The maximum Gasteiger partial charge on any atom is 0.261 e. The molecule has 5 aliphatic rings. The SMILES string of the molecule is C=C(/C=C/[C@@H]1O[C@@]2(C[C@H]3CCC[C@@]4(CC[C@@]5(O[C@H](CCOCc6ccccc6)CC[C@@]5(C)O[Si](CC)(CC)CC)O4)O3)C[C@@H](C)[C@@H](O[Si](C)(C)C(C)(C)C)[C@H]1O2)CO[Si](c1ccccc1)(c1ccccc1)C(C)(C)C. The van der Waals surface area contributed by atoms with Crippen LogP contribution in [0.4, 0.5) is 0 Å². The molecule has 0 N–H and O–H groups in total. The van der Waals surface area contributed by atoms with Crippen molar-refractivity contribution in [3.8, 4) is 0 Å². The van der Waals surface area contributed by atoms with E-state index in [1.54, 1.807) is 0 Å². The van der Waals surface area contributed by atoms with Crippen molar-refractivity contribution >= 4 is 35.3 Å². The largest absolute Gasteiger partial charge is 0.411 e. The van der Waals surface area contributed by atoms with Crippen LogP contribution in [0, 0.1) is 5.92 Å². The number of hydrogen-bond donors (Lipinski definition) is 0. The van der Waals surface area contributed by atoms with Crippen molar-refractivity contribution in [2.45, 2.75) is 242 Å². The zero-order valence-electron chi connectivity index (χ0n) is 48.5. The standard InChI is InChI=1S/C63H96O9Si3/c1-15-74(16-2,17-3)72-60(12)40-37-51(38-43-64-47-50-28-21-18-22-29-50)67-63(60)42-41-61(71-63)39-27-30-52(66-61)45-62-44-49(5)56(70-73(13,14)58(6,7)8)57(69-62)55(68-62)36-35-48(4)46-65-75(59(9,10)11,53-31-23-19-24-32-53)54-33-25-20-26-34-54/h18-26,28-29,31-36,49,51-52,55-57H,4,15-17,27,30,37-47H2,1-3,5-14H3/b36-35+/t49-,51+,52-,55+,56-,57+,60-,61-,62+,63-/m1/s1. The fraction of sp³-hybridized carbons (Fsp3) is 0.651. The highest BCUT2D eigenvalue weighted by molar-refractivity contribution is 6.99. The summed E-state index contributed by atoms with van der Waals surface area (Å²) in [5.41, 5.74) is 1.47.